The molecule has 1 aromatic heterocycles. The van der Waals surface area contributed by atoms with Gasteiger partial charge in [-0.2, -0.15) is 0 Å². The van der Waals surface area contributed by atoms with Gasteiger partial charge in [0, 0.05) is 18.5 Å². The fourth-order valence-corrected chi connectivity index (χ4v) is 5.40. The zero-order valence-corrected chi connectivity index (χ0v) is 21.8. The highest BCUT2D eigenvalue weighted by molar-refractivity contribution is 5.92. The Kier molecular flexibility index (Phi) is 7.31. The maximum absolute atomic E-state index is 13.6. The van der Waals surface area contributed by atoms with Crippen LogP contribution < -0.4 is 10.1 Å². The van der Waals surface area contributed by atoms with Crippen molar-refractivity contribution >= 4 is 11.8 Å². The Morgan fingerprint density at radius 2 is 1.89 bits per heavy atom. The number of fused-ring (bicyclic) bond motifs is 1. The lowest BCUT2D eigenvalue weighted by Gasteiger charge is -2.39. The lowest BCUT2D eigenvalue weighted by atomic mass is 9.86. The Bertz CT molecular complexity index is 1260. The van der Waals surface area contributed by atoms with Crippen LogP contribution in [-0.2, 0) is 17.8 Å². The summed E-state index contributed by atoms with van der Waals surface area (Å²) in [5.41, 5.74) is 4.88. The van der Waals surface area contributed by atoms with Crippen molar-refractivity contribution in [1.29, 1.82) is 0 Å². The minimum absolute atomic E-state index is 0.0148. The number of nitrogens with zero attached hydrogens (tertiary/aromatic N) is 2. The molecular formula is C30H35N3O4. The number of ether oxygens (including phenoxy) is 1. The third-order valence-electron chi connectivity index (χ3n) is 7.29. The predicted octanol–water partition coefficient (Wildman–Crippen LogP) is 5.36. The van der Waals surface area contributed by atoms with Gasteiger partial charge in [0.1, 0.15) is 12.0 Å². The Labute approximate surface area is 218 Å². The predicted molar refractivity (Wildman–Crippen MR) is 140 cm³/mol. The number of hydrogen-bond donors (Lipinski definition) is 1. The number of hydrogen-bond acceptors (Lipinski definition) is 5. The van der Waals surface area contributed by atoms with Crippen LogP contribution in [0.1, 0.15) is 84.2 Å². The molecule has 5 rings (SSSR count). The quantitative estimate of drug-likeness (QED) is 0.471. The van der Waals surface area contributed by atoms with Crippen molar-refractivity contribution in [2.75, 3.05) is 6.54 Å². The number of aryl methyl sites for hydroxylation is 1. The average molecular weight is 502 g/mol. The Morgan fingerprint density at radius 3 is 2.62 bits per heavy atom. The van der Waals surface area contributed by atoms with Crippen LogP contribution in [0.4, 0.5) is 0 Å². The summed E-state index contributed by atoms with van der Waals surface area (Å²) >= 11 is 0. The molecule has 1 aliphatic carbocycles. The molecule has 3 aromatic rings. The number of carbonyl (C=O) groups is 2. The van der Waals surface area contributed by atoms with Crippen molar-refractivity contribution in [2.24, 2.45) is 5.92 Å². The van der Waals surface area contributed by atoms with E-state index in [1.807, 2.05) is 26.0 Å². The van der Waals surface area contributed by atoms with Crippen molar-refractivity contribution < 1.29 is 18.7 Å². The number of amides is 2. The van der Waals surface area contributed by atoms with Crippen molar-refractivity contribution in [3.05, 3.63) is 82.6 Å². The molecule has 0 saturated heterocycles. The van der Waals surface area contributed by atoms with Gasteiger partial charge in [-0.15, -0.1) is 0 Å². The fraction of sp³-hybridized carbons (Fsp3) is 0.433. The SMILES string of the molecule is Cc1ccc(C2c3cc(OCc4nc(C(=O)NC(C)C)co4)ccc3CCN2C(=O)C2CCCC2)cc1. The van der Waals surface area contributed by atoms with E-state index in [0.717, 1.165) is 49.8 Å². The largest absolute Gasteiger partial charge is 0.484 e. The molecule has 194 valence electrons. The molecule has 2 amide bonds. The number of oxazole rings is 1. The molecule has 1 N–H and O–H groups in total. The molecule has 0 bridgehead atoms. The van der Waals surface area contributed by atoms with Crippen molar-refractivity contribution in [3.8, 4) is 5.75 Å². The molecule has 2 aliphatic rings. The van der Waals surface area contributed by atoms with Gasteiger partial charge in [-0.3, -0.25) is 9.59 Å². The van der Waals surface area contributed by atoms with Gasteiger partial charge in [0.05, 0.1) is 6.04 Å². The van der Waals surface area contributed by atoms with Crippen molar-refractivity contribution in [1.82, 2.24) is 15.2 Å². The molecule has 7 nitrogen and oxygen atoms in total. The second kappa shape index (κ2) is 10.8. The molecular weight excluding hydrogens is 466 g/mol. The maximum atomic E-state index is 13.6. The van der Waals surface area contributed by atoms with Crippen LogP contribution in [0.5, 0.6) is 5.75 Å². The van der Waals surface area contributed by atoms with Gasteiger partial charge in [0.15, 0.2) is 12.3 Å². The average Bonchev–Trinajstić information content (AvgIpc) is 3.59. The van der Waals surface area contributed by atoms with Crippen LogP contribution in [0, 0.1) is 12.8 Å². The summed E-state index contributed by atoms with van der Waals surface area (Å²) in [7, 11) is 0. The molecule has 2 aromatic carbocycles. The van der Waals surface area contributed by atoms with E-state index < -0.39 is 0 Å². The first-order chi connectivity index (χ1) is 17.9. The molecule has 1 aliphatic heterocycles. The highest BCUT2D eigenvalue weighted by Crippen LogP contribution is 2.39. The molecule has 1 fully saturated rings. The highest BCUT2D eigenvalue weighted by Gasteiger charge is 2.36. The van der Waals surface area contributed by atoms with Crippen LogP contribution in [-0.4, -0.2) is 34.3 Å². The van der Waals surface area contributed by atoms with Crippen LogP contribution in [0.25, 0.3) is 0 Å². The molecule has 1 atom stereocenters. The summed E-state index contributed by atoms with van der Waals surface area (Å²) < 4.78 is 11.5. The minimum atomic E-state index is -0.272. The van der Waals surface area contributed by atoms with E-state index in [9.17, 15) is 9.59 Å². The van der Waals surface area contributed by atoms with E-state index in [1.54, 1.807) is 0 Å². The molecule has 0 spiro atoms. The summed E-state index contributed by atoms with van der Waals surface area (Å²) in [4.78, 5) is 32.1. The van der Waals surface area contributed by atoms with E-state index in [4.69, 9.17) is 9.15 Å². The van der Waals surface area contributed by atoms with Gasteiger partial charge < -0.3 is 19.4 Å². The summed E-state index contributed by atoms with van der Waals surface area (Å²) in [6, 6.07) is 14.4. The third-order valence-corrected chi connectivity index (χ3v) is 7.29. The van der Waals surface area contributed by atoms with Gasteiger partial charge in [0.2, 0.25) is 11.8 Å². The van der Waals surface area contributed by atoms with Gasteiger partial charge in [-0.05, 0) is 68.9 Å². The van der Waals surface area contributed by atoms with E-state index in [0.29, 0.717) is 11.6 Å². The van der Waals surface area contributed by atoms with E-state index in [1.165, 1.54) is 17.4 Å². The lowest BCUT2D eigenvalue weighted by Crippen LogP contribution is -2.43. The standard InChI is InChI=1S/C30H35N3O4/c1-19(2)31-29(34)26-17-37-27(32-26)18-36-24-13-12-21-14-15-33(30(35)23-6-4-5-7-23)28(25(21)16-24)22-10-8-20(3)9-11-22/h8-13,16-17,19,23,28H,4-7,14-15,18H2,1-3H3,(H,31,34). The van der Waals surface area contributed by atoms with E-state index in [2.05, 4.69) is 52.5 Å². The number of carbonyl (C=O) groups excluding carboxylic acids is 2. The third kappa shape index (κ3) is 5.55. The number of nitrogens with one attached hydrogen (secondary N) is 1. The first-order valence-corrected chi connectivity index (χ1v) is 13.3. The first-order valence-electron chi connectivity index (χ1n) is 13.3. The zero-order chi connectivity index (χ0) is 25.9. The fourth-order valence-electron chi connectivity index (χ4n) is 5.40. The Morgan fingerprint density at radius 1 is 1.14 bits per heavy atom. The van der Waals surface area contributed by atoms with Crippen LogP contribution in [0.2, 0.25) is 0 Å². The second-order valence-electron chi connectivity index (χ2n) is 10.5. The normalized spacial score (nSPS) is 17.6. The van der Waals surface area contributed by atoms with Crippen LogP contribution in [0.3, 0.4) is 0 Å². The van der Waals surface area contributed by atoms with Crippen LogP contribution in [0.15, 0.2) is 53.1 Å². The summed E-state index contributed by atoms with van der Waals surface area (Å²) in [5.74, 6) is 1.14. The van der Waals surface area contributed by atoms with Gasteiger partial charge >= 0.3 is 0 Å². The smallest absolute Gasteiger partial charge is 0.273 e. The highest BCUT2D eigenvalue weighted by atomic mass is 16.5. The van der Waals surface area contributed by atoms with Crippen molar-refractivity contribution in [3.63, 3.8) is 0 Å². The molecule has 2 heterocycles. The molecule has 7 heteroatoms. The van der Waals surface area contributed by atoms with Gasteiger partial charge in [0.25, 0.3) is 5.91 Å². The second-order valence-corrected chi connectivity index (χ2v) is 10.5. The van der Waals surface area contributed by atoms with Crippen LogP contribution >= 0.6 is 0 Å². The minimum Gasteiger partial charge on any atom is -0.484 e. The maximum Gasteiger partial charge on any atom is 0.273 e. The lowest BCUT2D eigenvalue weighted by molar-refractivity contribution is -0.137. The van der Waals surface area contributed by atoms with E-state index >= 15 is 0 Å². The zero-order valence-electron chi connectivity index (χ0n) is 21.8. The molecule has 1 saturated carbocycles. The summed E-state index contributed by atoms with van der Waals surface area (Å²) in [6.07, 6.45) is 6.41. The molecule has 1 unspecified atom stereocenters. The van der Waals surface area contributed by atoms with E-state index in [-0.39, 0.29) is 42.1 Å². The monoisotopic (exact) mass is 501 g/mol. The number of benzene rings is 2. The Hall–Kier alpha value is -3.61. The van der Waals surface area contributed by atoms with Gasteiger partial charge in [-0.25, -0.2) is 4.98 Å². The summed E-state index contributed by atoms with van der Waals surface area (Å²) in [5, 5.41) is 2.80. The topological polar surface area (TPSA) is 84.7 Å². The van der Waals surface area contributed by atoms with Crippen molar-refractivity contribution in [2.45, 2.75) is 71.6 Å². The summed E-state index contributed by atoms with van der Waals surface area (Å²) in [6.45, 7) is 6.69. The Balaban J connectivity index is 1.39. The number of rotatable bonds is 7. The first kappa shape index (κ1) is 25.1. The molecule has 0 radical (unpaired) electrons. The number of aromatic nitrogens is 1. The van der Waals surface area contributed by atoms with Gasteiger partial charge in [-0.1, -0.05) is 48.7 Å². The molecule has 37 heavy (non-hydrogen) atoms.